The van der Waals surface area contributed by atoms with E-state index in [4.69, 9.17) is 43.5 Å². The summed E-state index contributed by atoms with van der Waals surface area (Å²) < 4.78 is 41.0. The number of carboxylic acid groups (broad SMARTS) is 1. The number of alkyl halides is 1. The van der Waals surface area contributed by atoms with Crippen molar-refractivity contribution >= 4 is 73.6 Å². The molecular weight excluding hydrogens is 1220 g/mol. The number of aromatic carboxylic acids is 1. The number of nitrogen functional groups attached to an aromatic ring is 1. The summed E-state index contributed by atoms with van der Waals surface area (Å²) in [7, 11) is -2.04. The SMILES string of the molecule is C.CC(C)(C)c1ccc([N+](=O)[O-])cc1C#N.CC(C)(C)c1ccc([N+](=O)[O-])cc1C(=O)O.CCO.CI.COC(=O)c1cc(N)ccc1C(C)(C)C.COC(=O)c1cc([N+](=O)[O-])ccc1C(C)(C)C.O=S(=O)(O)O.[CH3-].[Pd]. The van der Waals surface area contributed by atoms with Crippen molar-refractivity contribution in [2.24, 2.45) is 0 Å². The number of hydrogen-bond acceptors (Lipinski definition) is 16. The van der Waals surface area contributed by atoms with Crippen LogP contribution in [0, 0.1) is 49.1 Å². The van der Waals surface area contributed by atoms with Gasteiger partial charge in [0.15, 0.2) is 0 Å². The number of nitriles is 1. The maximum Gasteiger partial charge on any atom is 0.394 e. The van der Waals surface area contributed by atoms with Crippen molar-refractivity contribution in [3.05, 3.63) is 155 Å². The Labute approximate surface area is 474 Å². The summed E-state index contributed by atoms with van der Waals surface area (Å²) >= 11 is 2.15. The molecule has 0 saturated heterocycles. The van der Waals surface area contributed by atoms with Gasteiger partial charge in [-0.15, -0.1) is 0 Å². The number of ether oxygens (including phenoxy) is 2. The van der Waals surface area contributed by atoms with Crippen LogP contribution in [0.25, 0.3) is 0 Å². The molecule has 22 nitrogen and oxygen atoms in total. The van der Waals surface area contributed by atoms with Gasteiger partial charge in [-0.1, -0.05) is 137 Å². The van der Waals surface area contributed by atoms with E-state index in [1.807, 2.05) is 100 Å². The van der Waals surface area contributed by atoms with Gasteiger partial charge in [0.2, 0.25) is 0 Å². The topological polar surface area (TPSA) is 364 Å². The summed E-state index contributed by atoms with van der Waals surface area (Å²) in [5.74, 6) is -2.04. The number of benzene rings is 4. The molecule has 25 heteroatoms. The molecule has 0 heterocycles. The third-order valence-corrected chi connectivity index (χ3v) is 9.08. The molecule has 4 rings (SSSR count). The van der Waals surface area contributed by atoms with Crippen LogP contribution in [0.1, 0.15) is 156 Å². The zero-order chi connectivity index (χ0) is 58.2. The number of nitro groups is 3. The summed E-state index contributed by atoms with van der Waals surface area (Å²) in [6.45, 7) is 25.4. The molecule has 0 spiro atoms. The van der Waals surface area contributed by atoms with Gasteiger partial charge in [0.25, 0.3) is 17.1 Å². The second-order valence-electron chi connectivity index (χ2n) is 18.9. The molecular formula is C51H75IN5O17PdS-. The van der Waals surface area contributed by atoms with Gasteiger partial charge in [-0.25, -0.2) is 14.4 Å². The fourth-order valence-electron chi connectivity index (χ4n) is 5.94. The first-order chi connectivity index (χ1) is 33.1. The Morgan fingerprint density at radius 3 is 1.13 bits per heavy atom. The Bertz CT molecular complexity index is 2680. The van der Waals surface area contributed by atoms with Gasteiger partial charge in [0, 0.05) is 69.1 Å². The Morgan fingerprint density at radius 2 is 0.868 bits per heavy atom. The fourth-order valence-corrected chi connectivity index (χ4v) is 5.94. The Balaban J connectivity index is -0.000000200. The van der Waals surface area contributed by atoms with Crippen LogP contribution in [-0.4, -0.2) is 86.2 Å². The van der Waals surface area contributed by atoms with Crippen LogP contribution in [0.5, 0.6) is 0 Å². The number of anilines is 1. The summed E-state index contributed by atoms with van der Waals surface area (Å²) in [4.78, 5) is 66.3. The standard InChI is InChI=1S/C12H15NO4.C12H17NO2.C11H12N2O2.C11H13NO4.C2H6O.CH3I.CH4.CH3.H2O4S.Pd/c1-12(2,3)10-6-5-8(13(15)16)7-9(10)11(14)17-4;1-12(2,3)10-6-5-8(13)7-9(10)11(14)15-4;1-11(2,3)10-5-4-9(13(14)15)6-8(10)7-12;1-11(2,3)9-5-4-7(12(15)16)6-8(9)10(13)14;1-2-3;1-2;;;1-5(2,3)4;/h5-7H,1-4H3;5-7H,13H2,1-4H3;4-6H,1-3H3;4-6H,1-3H3,(H,13,14);3H,2H2,1H3;1H3;1H4;1H3;(H2,1,2,3,4);/q;;;;;;;-1;;. The first-order valence-corrected chi connectivity index (χ1v) is 24.9. The van der Waals surface area contributed by atoms with E-state index in [0.29, 0.717) is 22.4 Å². The number of rotatable bonds is 6. The summed E-state index contributed by atoms with van der Waals surface area (Å²) in [5, 5.41) is 57.3. The molecule has 4 aromatic rings. The minimum atomic E-state index is -4.67. The van der Waals surface area contributed by atoms with E-state index in [1.54, 1.807) is 31.2 Å². The predicted molar refractivity (Wildman–Crippen MR) is 299 cm³/mol. The zero-order valence-corrected chi connectivity index (χ0v) is 49.7. The van der Waals surface area contributed by atoms with Crippen LogP contribution in [0.3, 0.4) is 0 Å². The van der Waals surface area contributed by atoms with E-state index in [-0.39, 0.29) is 97.7 Å². The van der Waals surface area contributed by atoms with Gasteiger partial charge in [-0.3, -0.25) is 39.4 Å². The molecule has 0 aliphatic heterocycles. The number of methoxy groups -OCH3 is 2. The van der Waals surface area contributed by atoms with Gasteiger partial charge >= 0.3 is 28.3 Å². The monoisotopic (exact) mass is 1290 g/mol. The van der Waals surface area contributed by atoms with Gasteiger partial charge in [-0.2, -0.15) is 13.7 Å². The van der Waals surface area contributed by atoms with Crippen LogP contribution in [-0.2, 0) is 62.0 Å². The number of non-ortho nitro benzene ring substituents is 3. The van der Waals surface area contributed by atoms with Crippen molar-refractivity contribution < 1.29 is 86.8 Å². The molecule has 0 fully saturated rings. The first kappa shape index (κ1) is 81.4. The number of aliphatic hydroxyl groups is 1. The van der Waals surface area contributed by atoms with E-state index in [1.165, 1.54) is 50.6 Å². The largest absolute Gasteiger partial charge is 0.478 e. The van der Waals surface area contributed by atoms with E-state index in [0.717, 1.165) is 22.8 Å². The summed E-state index contributed by atoms with van der Waals surface area (Å²) in [6.07, 6.45) is 0. The minimum Gasteiger partial charge on any atom is -0.478 e. The third-order valence-electron chi connectivity index (χ3n) is 9.08. The quantitative estimate of drug-likeness (QED) is 0.0138. The molecule has 6 N–H and O–H groups in total. The molecule has 0 aromatic heterocycles. The van der Waals surface area contributed by atoms with E-state index in [2.05, 4.69) is 27.3 Å². The minimum absolute atomic E-state index is 0. The number of carbonyl (C=O) groups is 3. The normalized spacial score (nSPS) is 10.2. The maximum absolute atomic E-state index is 11.6. The number of nitrogens with two attached hydrogens (primary N) is 1. The van der Waals surface area contributed by atoms with E-state index >= 15 is 0 Å². The average Bonchev–Trinajstić information content (AvgIpc) is 3.27. The summed E-state index contributed by atoms with van der Waals surface area (Å²) in [5.41, 5.74) is 9.20. The second kappa shape index (κ2) is 36.1. The number of halogens is 1. The number of carbonyl (C=O) groups excluding carboxylic acids is 2. The Morgan fingerprint density at radius 1 is 0.618 bits per heavy atom. The molecule has 0 aliphatic rings. The number of nitrogens with zero attached hydrogens (tertiary/aromatic N) is 4. The number of nitro benzene ring substituents is 3. The smallest absolute Gasteiger partial charge is 0.394 e. The molecule has 0 saturated carbocycles. The van der Waals surface area contributed by atoms with Gasteiger partial charge in [0.05, 0.1) is 57.3 Å². The molecule has 4 aromatic carbocycles. The molecule has 0 unspecified atom stereocenters. The second-order valence-corrected chi connectivity index (χ2v) is 19.8. The zero-order valence-electron chi connectivity index (χ0n) is 45.2. The van der Waals surface area contributed by atoms with Crippen LogP contribution in [0.15, 0.2) is 72.8 Å². The summed E-state index contributed by atoms with van der Waals surface area (Å²) in [6, 6.07) is 19.9. The average molecular weight is 1300 g/mol. The van der Waals surface area contributed by atoms with Crippen molar-refractivity contribution in [1.82, 2.24) is 0 Å². The molecule has 0 atom stereocenters. The maximum atomic E-state index is 11.6. The van der Waals surface area contributed by atoms with Gasteiger partial charge in [-0.05, 0) is 67.9 Å². The molecule has 0 radical (unpaired) electrons. The molecule has 76 heavy (non-hydrogen) atoms. The van der Waals surface area contributed by atoms with Crippen LogP contribution in [0.2, 0.25) is 0 Å². The van der Waals surface area contributed by atoms with E-state index < -0.39 is 37.1 Å². The Kier molecular flexibility index (Phi) is 38.7. The molecule has 0 amide bonds. The molecule has 430 valence electrons. The van der Waals surface area contributed by atoms with Crippen molar-refractivity contribution in [3.63, 3.8) is 0 Å². The van der Waals surface area contributed by atoms with Crippen LogP contribution >= 0.6 is 22.6 Å². The Hall–Kier alpha value is -6.00. The van der Waals surface area contributed by atoms with Crippen LogP contribution in [0.4, 0.5) is 22.7 Å². The molecule has 0 aliphatic carbocycles. The van der Waals surface area contributed by atoms with Crippen molar-refractivity contribution in [2.45, 2.75) is 119 Å². The third kappa shape index (κ3) is 30.5. The number of carboxylic acids is 1. The van der Waals surface area contributed by atoms with Crippen LogP contribution < -0.4 is 5.73 Å². The number of esters is 2. The predicted octanol–water partition coefficient (Wildman–Crippen LogP) is 11.9. The van der Waals surface area contributed by atoms with Crippen molar-refractivity contribution in [2.75, 3.05) is 31.5 Å². The van der Waals surface area contributed by atoms with Crippen molar-refractivity contribution in [1.29, 1.82) is 5.26 Å². The van der Waals surface area contributed by atoms with E-state index in [9.17, 15) is 44.7 Å². The van der Waals surface area contributed by atoms with Gasteiger partial charge < -0.3 is 32.8 Å². The first-order valence-electron chi connectivity index (χ1n) is 21.4. The van der Waals surface area contributed by atoms with Crippen molar-refractivity contribution in [3.8, 4) is 6.07 Å². The fraction of sp³-hybridized carbons (Fsp3) is 0.431. The van der Waals surface area contributed by atoms with Gasteiger partial charge in [0.1, 0.15) is 0 Å². The number of aliphatic hydroxyl groups excluding tert-OH is 1. The molecule has 0 bridgehead atoms. The number of hydrogen-bond donors (Lipinski definition) is 5.